The summed E-state index contributed by atoms with van der Waals surface area (Å²) in [5, 5.41) is 11.1. The maximum atomic E-state index is 11.9. The summed E-state index contributed by atoms with van der Waals surface area (Å²) in [6.45, 7) is 8.65. The van der Waals surface area contributed by atoms with Crippen LogP contribution in [0.4, 0.5) is 4.79 Å². The molecule has 1 amide bonds. The molecule has 0 aromatic heterocycles. The third-order valence-electron chi connectivity index (χ3n) is 2.51. The molecule has 0 fully saturated rings. The molecular weight excluding hydrogens is 278 g/mol. The summed E-state index contributed by atoms with van der Waals surface area (Å²) in [6, 6.07) is -1.04. The van der Waals surface area contributed by atoms with Gasteiger partial charge in [-0.1, -0.05) is 6.92 Å². The van der Waals surface area contributed by atoms with Gasteiger partial charge >= 0.3 is 18.0 Å². The lowest BCUT2D eigenvalue weighted by Gasteiger charge is -2.23. The molecule has 0 saturated heterocycles. The smallest absolute Gasteiger partial charge is 0.408 e. The Bertz CT molecular complexity index is 374. The Morgan fingerprint density at radius 2 is 1.81 bits per heavy atom. The first kappa shape index (κ1) is 19.2. The predicted molar refractivity (Wildman–Crippen MR) is 75.9 cm³/mol. The van der Waals surface area contributed by atoms with Crippen molar-refractivity contribution in [3.63, 3.8) is 0 Å². The second kappa shape index (κ2) is 8.49. The number of amides is 1. The van der Waals surface area contributed by atoms with Crippen LogP contribution in [0, 0.1) is 0 Å². The number of carbonyl (C=O) groups excluding carboxylic acids is 2. The van der Waals surface area contributed by atoms with E-state index in [1.54, 1.807) is 27.7 Å². The quantitative estimate of drug-likeness (QED) is 0.698. The fraction of sp³-hybridized carbons (Fsp3) is 0.786. The molecule has 0 spiro atoms. The van der Waals surface area contributed by atoms with Crippen LogP contribution >= 0.6 is 0 Å². The minimum atomic E-state index is -1.05. The number of rotatable bonds is 7. The van der Waals surface area contributed by atoms with Crippen molar-refractivity contribution in [2.24, 2.45) is 0 Å². The largest absolute Gasteiger partial charge is 0.481 e. The Morgan fingerprint density at radius 3 is 2.24 bits per heavy atom. The lowest BCUT2D eigenvalue weighted by Crippen LogP contribution is -2.45. The van der Waals surface area contributed by atoms with Crippen LogP contribution in [0.2, 0.25) is 0 Å². The van der Waals surface area contributed by atoms with Crippen LogP contribution in [0.5, 0.6) is 0 Å². The van der Waals surface area contributed by atoms with E-state index >= 15 is 0 Å². The molecule has 122 valence electrons. The first-order chi connectivity index (χ1) is 9.55. The van der Waals surface area contributed by atoms with Crippen molar-refractivity contribution in [1.29, 1.82) is 0 Å². The molecule has 0 aromatic rings. The van der Waals surface area contributed by atoms with Gasteiger partial charge in [-0.15, -0.1) is 0 Å². The molecule has 0 aliphatic heterocycles. The van der Waals surface area contributed by atoms with E-state index in [1.807, 2.05) is 6.92 Å². The number of nitrogens with one attached hydrogen (secondary N) is 1. The number of aliphatic carboxylic acids is 1. The van der Waals surface area contributed by atoms with Gasteiger partial charge in [-0.3, -0.25) is 4.79 Å². The summed E-state index contributed by atoms with van der Waals surface area (Å²) in [5.74, 6) is -1.71. The van der Waals surface area contributed by atoms with Gasteiger partial charge in [-0.05, 0) is 40.5 Å². The van der Waals surface area contributed by atoms with Crippen LogP contribution in [0.25, 0.3) is 0 Å². The molecule has 0 aromatic carbocycles. The summed E-state index contributed by atoms with van der Waals surface area (Å²) in [4.78, 5) is 34.2. The molecule has 0 bridgehead atoms. The van der Waals surface area contributed by atoms with Gasteiger partial charge in [-0.25, -0.2) is 9.59 Å². The molecule has 2 N–H and O–H groups in total. The Labute approximate surface area is 125 Å². The van der Waals surface area contributed by atoms with Gasteiger partial charge in [0, 0.05) is 6.42 Å². The van der Waals surface area contributed by atoms with Gasteiger partial charge < -0.3 is 19.9 Å². The van der Waals surface area contributed by atoms with E-state index in [-0.39, 0.29) is 18.9 Å². The minimum absolute atomic E-state index is 0.0517. The maximum Gasteiger partial charge on any atom is 0.408 e. The average molecular weight is 303 g/mol. The van der Waals surface area contributed by atoms with Crippen LogP contribution < -0.4 is 5.32 Å². The van der Waals surface area contributed by atoms with Crippen LogP contribution in [0.3, 0.4) is 0 Å². The Balaban J connectivity index is 4.68. The third kappa shape index (κ3) is 9.70. The van der Waals surface area contributed by atoms with Crippen molar-refractivity contribution < 1.29 is 29.0 Å². The number of carbonyl (C=O) groups is 3. The fourth-order valence-electron chi connectivity index (χ4n) is 1.33. The second-order valence-corrected chi connectivity index (χ2v) is 5.79. The van der Waals surface area contributed by atoms with E-state index in [0.717, 1.165) is 0 Å². The summed E-state index contributed by atoms with van der Waals surface area (Å²) in [5.41, 5.74) is -0.706. The standard InChI is InChI=1S/C14H25NO6/c1-6-9(2)20-12(18)10(7-8-11(16)17)15-13(19)21-14(3,4)5/h9-10H,6-8H2,1-5H3,(H,15,19)(H,16,17)/t9?,10-/m0/s1. The van der Waals surface area contributed by atoms with Crippen LogP contribution in [0.1, 0.15) is 53.9 Å². The topological polar surface area (TPSA) is 102 Å². The highest BCUT2D eigenvalue weighted by molar-refractivity contribution is 5.82. The molecule has 2 atom stereocenters. The summed E-state index contributed by atoms with van der Waals surface area (Å²) in [6.07, 6.45) is -0.756. The van der Waals surface area contributed by atoms with E-state index in [1.165, 1.54) is 0 Å². The zero-order valence-electron chi connectivity index (χ0n) is 13.3. The highest BCUT2D eigenvalue weighted by Crippen LogP contribution is 2.09. The van der Waals surface area contributed by atoms with Gasteiger partial charge in [0.05, 0.1) is 6.10 Å². The molecule has 0 aliphatic carbocycles. The maximum absolute atomic E-state index is 11.9. The predicted octanol–water partition coefficient (Wildman–Crippen LogP) is 2.09. The highest BCUT2D eigenvalue weighted by atomic mass is 16.6. The average Bonchev–Trinajstić information content (AvgIpc) is 2.31. The van der Waals surface area contributed by atoms with Crippen molar-refractivity contribution in [2.45, 2.75) is 71.6 Å². The molecule has 21 heavy (non-hydrogen) atoms. The molecular formula is C14H25NO6. The van der Waals surface area contributed by atoms with E-state index in [0.29, 0.717) is 6.42 Å². The fourth-order valence-corrected chi connectivity index (χ4v) is 1.33. The minimum Gasteiger partial charge on any atom is -0.481 e. The molecule has 0 saturated carbocycles. The zero-order valence-corrected chi connectivity index (χ0v) is 13.3. The van der Waals surface area contributed by atoms with Gasteiger partial charge in [0.15, 0.2) is 0 Å². The van der Waals surface area contributed by atoms with Crippen molar-refractivity contribution in [3.05, 3.63) is 0 Å². The van der Waals surface area contributed by atoms with Crippen molar-refractivity contribution in [2.75, 3.05) is 0 Å². The number of ether oxygens (including phenoxy) is 2. The number of carboxylic acids is 1. The number of alkyl carbamates (subject to hydrolysis) is 1. The molecule has 7 heteroatoms. The molecule has 0 radical (unpaired) electrons. The summed E-state index contributed by atoms with van der Waals surface area (Å²) in [7, 11) is 0. The van der Waals surface area contributed by atoms with Crippen molar-refractivity contribution >= 4 is 18.0 Å². The number of hydrogen-bond donors (Lipinski definition) is 2. The molecule has 1 unspecified atom stereocenters. The molecule has 7 nitrogen and oxygen atoms in total. The summed E-state index contributed by atoms with van der Waals surface area (Å²) < 4.78 is 10.2. The first-order valence-corrected chi connectivity index (χ1v) is 6.97. The zero-order chi connectivity index (χ0) is 16.6. The first-order valence-electron chi connectivity index (χ1n) is 6.97. The lowest BCUT2D eigenvalue weighted by atomic mass is 10.1. The Kier molecular flexibility index (Phi) is 7.76. The monoisotopic (exact) mass is 303 g/mol. The van der Waals surface area contributed by atoms with Crippen LogP contribution in [-0.4, -0.2) is 40.9 Å². The SMILES string of the molecule is CCC(C)OC(=O)[C@H](CCC(=O)O)NC(=O)OC(C)(C)C. The van der Waals surface area contributed by atoms with E-state index < -0.39 is 29.7 Å². The molecule has 0 heterocycles. The van der Waals surface area contributed by atoms with Gasteiger partial charge in [-0.2, -0.15) is 0 Å². The third-order valence-corrected chi connectivity index (χ3v) is 2.51. The normalized spacial score (nSPS) is 14.0. The molecule has 0 aliphatic rings. The van der Waals surface area contributed by atoms with E-state index in [2.05, 4.69) is 5.32 Å². The number of carboxylic acid groups (broad SMARTS) is 1. The van der Waals surface area contributed by atoms with Gasteiger partial charge in [0.2, 0.25) is 0 Å². The highest BCUT2D eigenvalue weighted by Gasteiger charge is 2.26. The van der Waals surface area contributed by atoms with Crippen molar-refractivity contribution in [1.82, 2.24) is 5.32 Å². The van der Waals surface area contributed by atoms with E-state index in [9.17, 15) is 14.4 Å². The Morgan fingerprint density at radius 1 is 1.24 bits per heavy atom. The number of hydrogen-bond acceptors (Lipinski definition) is 5. The Hall–Kier alpha value is -1.79. The number of esters is 1. The molecule has 0 rings (SSSR count). The van der Waals surface area contributed by atoms with Crippen LogP contribution in [0.15, 0.2) is 0 Å². The van der Waals surface area contributed by atoms with E-state index in [4.69, 9.17) is 14.6 Å². The second-order valence-electron chi connectivity index (χ2n) is 5.79. The summed E-state index contributed by atoms with van der Waals surface area (Å²) >= 11 is 0. The van der Waals surface area contributed by atoms with Gasteiger partial charge in [0.25, 0.3) is 0 Å². The lowest BCUT2D eigenvalue weighted by molar-refractivity contribution is -0.151. The van der Waals surface area contributed by atoms with Crippen LogP contribution in [-0.2, 0) is 19.1 Å². The van der Waals surface area contributed by atoms with Crippen molar-refractivity contribution in [3.8, 4) is 0 Å². The van der Waals surface area contributed by atoms with Gasteiger partial charge in [0.1, 0.15) is 11.6 Å².